The molecule has 1 aromatic carbocycles. The summed E-state index contributed by atoms with van der Waals surface area (Å²) in [4.78, 5) is 59.8. The molecule has 280 valence electrons. The van der Waals surface area contributed by atoms with Gasteiger partial charge in [-0.2, -0.15) is 0 Å². The Labute approximate surface area is 300 Å². The predicted molar refractivity (Wildman–Crippen MR) is 193 cm³/mol. The van der Waals surface area contributed by atoms with E-state index in [0.29, 0.717) is 25.9 Å². The van der Waals surface area contributed by atoms with E-state index in [-0.39, 0.29) is 37.8 Å². The molecule has 1 aliphatic heterocycles. The van der Waals surface area contributed by atoms with E-state index >= 15 is 0 Å². The fourth-order valence-corrected chi connectivity index (χ4v) is 5.29. The maximum atomic E-state index is 14.0. The third-order valence-electron chi connectivity index (χ3n) is 7.98. The van der Waals surface area contributed by atoms with Gasteiger partial charge in [0.25, 0.3) is 5.91 Å². The highest BCUT2D eigenvalue weighted by Crippen LogP contribution is 2.25. The number of amides is 4. The number of hydrogen-bond acceptors (Lipinski definition) is 9. The lowest BCUT2D eigenvalue weighted by molar-refractivity contribution is -0.138. The van der Waals surface area contributed by atoms with Crippen LogP contribution in [0.3, 0.4) is 0 Å². The van der Waals surface area contributed by atoms with Crippen LogP contribution in [-0.2, 0) is 33.3 Å². The Hall–Kier alpha value is -4.53. The number of carbonyl (C=O) groups is 4. The van der Waals surface area contributed by atoms with Crippen molar-refractivity contribution in [2.45, 2.75) is 90.6 Å². The number of nitrogens with zero attached hydrogens (tertiary/aromatic N) is 3. The van der Waals surface area contributed by atoms with Crippen LogP contribution in [0.25, 0.3) is 0 Å². The average Bonchev–Trinajstić information content (AvgIpc) is 3.53. The number of benzene rings is 1. The molecule has 14 nitrogen and oxygen atoms in total. The van der Waals surface area contributed by atoms with Crippen LogP contribution in [-0.4, -0.2) is 102 Å². The van der Waals surface area contributed by atoms with Crippen molar-refractivity contribution in [2.24, 2.45) is 0 Å². The van der Waals surface area contributed by atoms with Gasteiger partial charge in [0, 0.05) is 26.4 Å². The van der Waals surface area contributed by atoms with Crippen LogP contribution in [0.2, 0.25) is 0 Å². The second kappa shape index (κ2) is 19.2. The maximum Gasteiger partial charge on any atom is 0.408 e. The van der Waals surface area contributed by atoms with E-state index in [1.807, 2.05) is 67.3 Å². The fraction of sp³-hybridized carbons (Fsp3) is 0.541. The summed E-state index contributed by atoms with van der Waals surface area (Å²) in [5, 5.41) is 8.02. The number of imidazole rings is 1. The molecule has 3 N–H and O–H groups in total. The number of aromatic nitrogens is 2. The summed E-state index contributed by atoms with van der Waals surface area (Å²) in [5.74, 6) is -1.17. The molecular weight excluding hydrogens is 656 g/mol. The Morgan fingerprint density at radius 2 is 1.73 bits per heavy atom. The van der Waals surface area contributed by atoms with Gasteiger partial charge in [-0.05, 0) is 72.4 Å². The largest absolute Gasteiger partial charge is 0.444 e. The number of carbonyl (C=O) groups excluding carboxylic acids is 4. The van der Waals surface area contributed by atoms with Gasteiger partial charge in [0.05, 0.1) is 25.6 Å². The number of allylic oxidation sites excluding steroid dienone is 2. The van der Waals surface area contributed by atoms with Gasteiger partial charge in [0.15, 0.2) is 5.82 Å². The molecule has 2 atom stereocenters. The van der Waals surface area contributed by atoms with Crippen LogP contribution < -0.4 is 16.0 Å². The number of hydrogen-bond donors (Lipinski definition) is 3. The summed E-state index contributed by atoms with van der Waals surface area (Å²) in [7, 11) is 1.58. The molecular formula is C37H54N6O8. The van der Waals surface area contributed by atoms with Gasteiger partial charge < -0.3 is 44.4 Å². The van der Waals surface area contributed by atoms with Crippen molar-refractivity contribution < 1.29 is 38.1 Å². The lowest BCUT2D eigenvalue weighted by Gasteiger charge is -2.34. The Kier molecular flexibility index (Phi) is 15.4. The topological polar surface area (TPSA) is 162 Å². The molecule has 2 heterocycles. The molecule has 0 aliphatic carbocycles. The van der Waals surface area contributed by atoms with Gasteiger partial charge in [-0.25, -0.2) is 9.78 Å². The summed E-state index contributed by atoms with van der Waals surface area (Å²) in [6.45, 7) is 13.2. The van der Waals surface area contributed by atoms with E-state index in [1.54, 1.807) is 38.6 Å². The number of piperidine rings is 1. The molecule has 0 spiro atoms. The van der Waals surface area contributed by atoms with Crippen LogP contribution in [0.5, 0.6) is 0 Å². The summed E-state index contributed by atoms with van der Waals surface area (Å²) in [6.07, 6.45) is 9.33. The van der Waals surface area contributed by atoms with E-state index < -0.39 is 41.1 Å². The number of ether oxygens (including phenoxy) is 4. The van der Waals surface area contributed by atoms with E-state index in [9.17, 15) is 19.2 Å². The van der Waals surface area contributed by atoms with E-state index in [2.05, 4.69) is 20.9 Å². The zero-order valence-electron chi connectivity index (χ0n) is 31.1. The van der Waals surface area contributed by atoms with E-state index in [1.165, 1.54) is 20.2 Å². The first-order valence-corrected chi connectivity index (χ1v) is 17.1. The quantitative estimate of drug-likeness (QED) is 0.170. The highest BCUT2D eigenvalue weighted by atomic mass is 16.7. The smallest absolute Gasteiger partial charge is 0.408 e. The van der Waals surface area contributed by atoms with E-state index in [4.69, 9.17) is 18.9 Å². The van der Waals surface area contributed by atoms with Crippen molar-refractivity contribution >= 4 is 29.6 Å². The molecule has 0 bridgehead atoms. The van der Waals surface area contributed by atoms with Crippen molar-refractivity contribution in [2.75, 3.05) is 45.5 Å². The lowest BCUT2D eigenvalue weighted by Crippen LogP contribution is -2.59. The van der Waals surface area contributed by atoms with Crippen molar-refractivity contribution in [3.05, 3.63) is 72.2 Å². The Balaban J connectivity index is 1.79. The number of methoxy groups -OCH3 is 1. The zero-order chi connectivity index (χ0) is 37.6. The van der Waals surface area contributed by atoms with Crippen molar-refractivity contribution in [1.82, 2.24) is 25.1 Å². The van der Waals surface area contributed by atoms with Crippen molar-refractivity contribution in [1.29, 1.82) is 0 Å². The monoisotopic (exact) mass is 710 g/mol. The third kappa shape index (κ3) is 12.9. The molecule has 1 saturated heterocycles. The van der Waals surface area contributed by atoms with Gasteiger partial charge in [0.2, 0.25) is 11.8 Å². The van der Waals surface area contributed by atoms with Crippen LogP contribution >= 0.6 is 0 Å². The minimum atomic E-state index is -1.44. The van der Waals surface area contributed by atoms with Gasteiger partial charge >= 0.3 is 6.09 Å². The van der Waals surface area contributed by atoms with Crippen molar-refractivity contribution in [3.8, 4) is 0 Å². The Morgan fingerprint density at radius 3 is 2.33 bits per heavy atom. The van der Waals surface area contributed by atoms with Gasteiger partial charge in [-0.3, -0.25) is 14.4 Å². The second-order valence-electron chi connectivity index (χ2n) is 13.8. The fourth-order valence-electron chi connectivity index (χ4n) is 5.29. The minimum absolute atomic E-state index is 0.0167. The van der Waals surface area contributed by atoms with Gasteiger partial charge in [0.1, 0.15) is 30.0 Å². The highest BCUT2D eigenvalue weighted by Gasteiger charge is 2.35. The number of anilines is 1. The lowest BCUT2D eigenvalue weighted by atomic mass is 10.0. The summed E-state index contributed by atoms with van der Waals surface area (Å²) >= 11 is 0. The summed E-state index contributed by atoms with van der Waals surface area (Å²) in [5.41, 5.74) is -0.560. The normalized spacial score (nSPS) is 15.7. The molecule has 14 heteroatoms. The standard InChI is InChI=1S/C37H54N6O8/c1-9-14-26(10-2)22-49-23-29(39-34(46)37(6,7)41-35(47)51-36(3,4)5)32(44)40-30-21-43(24-38-30)31(27-15-12-11-13-16-27)33(45)42-19-17-28(18-20-42)50-25-48-8/h9-16,21,24,28-29,31H,17-20,22-23,25H2,1-8H3,(H,39,46)(H,40,44)(H,41,47)/b14-9-,26-10+/t29-,31?/m1/s1. The molecule has 1 aliphatic rings. The average molecular weight is 711 g/mol. The predicted octanol–water partition coefficient (Wildman–Crippen LogP) is 4.35. The molecule has 4 amide bonds. The summed E-state index contributed by atoms with van der Waals surface area (Å²) in [6, 6.07) is 7.45. The first-order valence-electron chi connectivity index (χ1n) is 17.1. The Bertz CT molecular complexity index is 1510. The molecule has 0 saturated carbocycles. The maximum absolute atomic E-state index is 14.0. The van der Waals surface area contributed by atoms with Crippen LogP contribution in [0.1, 0.15) is 72.9 Å². The first kappa shape index (κ1) is 40.9. The molecule has 2 aromatic rings. The number of nitrogens with one attached hydrogen (secondary N) is 3. The van der Waals surface area contributed by atoms with Crippen LogP contribution in [0.15, 0.2) is 66.7 Å². The van der Waals surface area contributed by atoms with Crippen LogP contribution in [0, 0.1) is 0 Å². The molecule has 1 fully saturated rings. The van der Waals surface area contributed by atoms with Gasteiger partial charge in [-0.15, -0.1) is 0 Å². The number of rotatable bonds is 16. The minimum Gasteiger partial charge on any atom is -0.444 e. The third-order valence-corrected chi connectivity index (χ3v) is 7.98. The van der Waals surface area contributed by atoms with Crippen molar-refractivity contribution in [3.63, 3.8) is 0 Å². The zero-order valence-corrected chi connectivity index (χ0v) is 31.1. The SMILES string of the molecule is C/C=C\C(=C/C)COC[C@@H](NC(=O)C(C)(C)NC(=O)OC(C)(C)C)C(=O)Nc1cn(C(C(=O)N2CCC(OCOC)CC2)c2ccccc2)cn1. The first-order chi connectivity index (χ1) is 24.2. The number of alkyl carbamates (subject to hydrolysis) is 1. The summed E-state index contributed by atoms with van der Waals surface area (Å²) < 4.78 is 23.6. The van der Waals surface area contributed by atoms with Gasteiger partial charge in [-0.1, -0.05) is 48.6 Å². The Morgan fingerprint density at radius 1 is 1.04 bits per heavy atom. The molecule has 51 heavy (non-hydrogen) atoms. The molecule has 1 unspecified atom stereocenters. The highest BCUT2D eigenvalue weighted by molar-refractivity contribution is 5.98. The second-order valence-corrected chi connectivity index (χ2v) is 13.8. The molecule has 3 rings (SSSR count). The van der Waals surface area contributed by atoms with Crippen LogP contribution in [0.4, 0.5) is 10.6 Å². The number of likely N-dealkylation sites (tertiary alicyclic amines) is 1. The molecule has 0 radical (unpaired) electrons. The molecule has 1 aromatic heterocycles. The van der Waals surface area contributed by atoms with E-state index in [0.717, 1.165) is 11.1 Å².